The molecule has 5 aromatic rings. The molecule has 0 fully saturated rings. The van der Waals surface area contributed by atoms with Gasteiger partial charge in [0.1, 0.15) is 5.82 Å². The SMILES string of the molecule is O=C(Cc1nccn1-c1ccc2ccccc2c1)Nc1ccc(CCNCC(O)c2ccccc2)cc1. The minimum absolute atomic E-state index is 0.113. The number of rotatable bonds is 10. The van der Waals surface area contributed by atoms with Crippen molar-refractivity contribution in [3.05, 3.63) is 126 Å². The van der Waals surface area contributed by atoms with Crippen LogP contribution in [-0.2, 0) is 17.6 Å². The van der Waals surface area contributed by atoms with E-state index in [-0.39, 0.29) is 12.3 Å². The topological polar surface area (TPSA) is 79.2 Å². The lowest BCUT2D eigenvalue weighted by atomic mass is 10.1. The lowest BCUT2D eigenvalue weighted by molar-refractivity contribution is -0.115. The molecule has 3 N–H and O–H groups in total. The van der Waals surface area contributed by atoms with Crippen LogP contribution >= 0.6 is 0 Å². The van der Waals surface area contributed by atoms with Crippen molar-refractivity contribution in [1.82, 2.24) is 14.9 Å². The Morgan fingerprint density at radius 3 is 2.46 bits per heavy atom. The molecule has 186 valence electrons. The monoisotopic (exact) mass is 490 g/mol. The molecule has 5 rings (SSSR count). The summed E-state index contributed by atoms with van der Waals surface area (Å²) >= 11 is 0. The van der Waals surface area contributed by atoms with Crippen LogP contribution in [0.1, 0.15) is 23.1 Å². The van der Waals surface area contributed by atoms with Gasteiger partial charge in [0.25, 0.3) is 0 Å². The zero-order chi connectivity index (χ0) is 25.5. The summed E-state index contributed by atoms with van der Waals surface area (Å²) in [6, 6.07) is 32.0. The molecule has 0 bridgehead atoms. The second kappa shape index (κ2) is 11.6. The van der Waals surface area contributed by atoms with Crippen LogP contribution in [0.25, 0.3) is 16.5 Å². The summed E-state index contributed by atoms with van der Waals surface area (Å²) in [5.74, 6) is 0.575. The predicted molar refractivity (Wildman–Crippen MR) is 148 cm³/mol. The zero-order valence-electron chi connectivity index (χ0n) is 20.5. The lowest BCUT2D eigenvalue weighted by Crippen LogP contribution is -2.23. The van der Waals surface area contributed by atoms with Crippen molar-refractivity contribution >= 4 is 22.4 Å². The Morgan fingerprint density at radius 1 is 0.892 bits per heavy atom. The number of aliphatic hydroxyl groups is 1. The number of amides is 1. The first-order valence-electron chi connectivity index (χ1n) is 12.5. The van der Waals surface area contributed by atoms with Gasteiger partial charge in [0, 0.05) is 30.3 Å². The summed E-state index contributed by atoms with van der Waals surface area (Å²) in [5, 5.41) is 18.8. The van der Waals surface area contributed by atoms with Gasteiger partial charge in [0.05, 0.1) is 12.5 Å². The second-order valence-corrected chi connectivity index (χ2v) is 9.05. The van der Waals surface area contributed by atoms with E-state index in [9.17, 15) is 9.90 Å². The standard InChI is InChI=1S/C31H30N4O2/c36-29(25-7-2-1-3-8-25)22-32-17-16-23-10-13-27(14-11-23)34-31(37)21-30-33-18-19-35(30)28-15-12-24-6-4-5-9-26(24)20-28/h1-15,18-20,29,32,36H,16-17,21-22H2,(H,34,37). The van der Waals surface area contributed by atoms with Gasteiger partial charge in [0.15, 0.2) is 0 Å². The fourth-order valence-electron chi connectivity index (χ4n) is 4.39. The number of nitrogens with one attached hydrogen (secondary N) is 2. The van der Waals surface area contributed by atoms with Crippen molar-refractivity contribution in [2.75, 3.05) is 18.4 Å². The van der Waals surface area contributed by atoms with Crippen molar-refractivity contribution in [2.24, 2.45) is 0 Å². The highest BCUT2D eigenvalue weighted by molar-refractivity contribution is 5.92. The van der Waals surface area contributed by atoms with Gasteiger partial charge in [-0.25, -0.2) is 4.98 Å². The number of nitrogens with zero attached hydrogens (tertiary/aromatic N) is 2. The molecule has 1 heterocycles. The van der Waals surface area contributed by atoms with E-state index in [0.717, 1.165) is 40.9 Å². The molecule has 4 aromatic carbocycles. The quantitative estimate of drug-likeness (QED) is 0.239. The molecule has 0 radical (unpaired) electrons. The number of hydrogen-bond donors (Lipinski definition) is 3. The summed E-state index contributed by atoms with van der Waals surface area (Å²) in [5.41, 5.74) is 3.81. The molecule has 0 aliphatic rings. The van der Waals surface area contributed by atoms with E-state index in [2.05, 4.69) is 39.9 Å². The van der Waals surface area contributed by atoms with Crippen LogP contribution in [0.3, 0.4) is 0 Å². The second-order valence-electron chi connectivity index (χ2n) is 9.05. The summed E-state index contributed by atoms with van der Waals surface area (Å²) < 4.78 is 1.96. The zero-order valence-corrected chi connectivity index (χ0v) is 20.5. The Hall–Kier alpha value is -4.26. The average Bonchev–Trinajstić information content (AvgIpc) is 3.40. The first kappa shape index (κ1) is 24.4. The number of aliphatic hydroxyl groups excluding tert-OH is 1. The molecular weight excluding hydrogens is 460 g/mol. The molecule has 1 amide bonds. The van der Waals surface area contributed by atoms with Crippen molar-refractivity contribution in [1.29, 1.82) is 0 Å². The molecule has 6 heteroatoms. The third kappa shape index (κ3) is 6.30. The average molecular weight is 491 g/mol. The highest BCUT2D eigenvalue weighted by Crippen LogP contribution is 2.20. The Labute approximate surface area is 216 Å². The molecule has 0 aliphatic heterocycles. The molecule has 0 saturated carbocycles. The summed E-state index contributed by atoms with van der Waals surface area (Å²) in [7, 11) is 0. The van der Waals surface area contributed by atoms with Crippen LogP contribution in [0.5, 0.6) is 0 Å². The number of fused-ring (bicyclic) bond motifs is 1. The van der Waals surface area contributed by atoms with Crippen LogP contribution in [-0.4, -0.2) is 33.7 Å². The highest BCUT2D eigenvalue weighted by atomic mass is 16.3. The largest absolute Gasteiger partial charge is 0.387 e. The number of benzene rings is 4. The van der Waals surface area contributed by atoms with Crippen molar-refractivity contribution in [3.63, 3.8) is 0 Å². The lowest BCUT2D eigenvalue weighted by Gasteiger charge is -2.12. The van der Waals surface area contributed by atoms with E-state index in [0.29, 0.717) is 12.4 Å². The number of carbonyl (C=O) groups excluding carboxylic acids is 1. The molecule has 0 spiro atoms. The highest BCUT2D eigenvalue weighted by Gasteiger charge is 2.12. The third-order valence-electron chi connectivity index (χ3n) is 6.40. The smallest absolute Gasteiger partial charge is 0.231 e. The van der Waals surface area contributed by atoms with Gasteiger partial charge < -0.3 is 20.3 Å². The van der Waals surface area contributed by atoms with E-state index in [1.165, 1.54) is 5.39 Å². The molecule has 37 heavy (non-hydrogen) atoms. The van der Waals surface area contributed by atoms with Gasteiger partial charge in [-0.3, -0.25) is 4.79 Å². The van der Waals surface area contributed by atoms with Crippen LogP contribution in [0.4, 0.5) is 5.69 Å². The maximum atomic E-state index is 12.8. The maximum absolute atomic E-state index is 12.8. The number of aromatic nitrogens is 2. The molecule has 0 saturated heterocycles. The normalized spacial score (nSPS) is 11.9. The first-order valence-corrected chi connectivity index (χ1v) is 12.5. The van der Waals surface area contributed by atoms with Gasteiger partial charge in [-0.1, -0.05) is 72.8 Å². The molecule has 1 aromatic heterocycles. The molecule has 0 aliphatic carbocycles. The van der Waals surface area contributed by atoms with Gasteiger partial charge in [-0.05, 0) is 59.1 Å². The number of carbonyl (C=O) groups is 1. The van der Waals surface area contributed by atoms with Crippen molar-refractivity contribution in [3.8, 4) is 5.69 Å². The molecular formula is C31H30N4O2. The summed E-state index contributed by atoms with van der Waals surface area (Å²) in [4.78, 5) is 17.2. The van der Waals surface area contributed by atoms with Crippen LogP contribution < -0.4 is 10.6 Å². The number of anilines is 1. The van der Waals surface area contributed by atoms with E-state index >= 15 is 0 Å². The van der Waals surface area contributed by atoms with Crippen molar-refractivity contribution in [2.45, 2.75) is 18.9 Å². The predicted octanol–water partition coefficient (Wildman–Crippen LogP) is 5.07. The number of hydrogen-bond acceptors (Lipinski definition) is 4. The van der Waals surface area contributed by atoms with Crippen LogP contribution in [0.2, 0.25) is 0 Å². The van der Waals surface area contributed by atoms with E-state index in [1.807, 2.05) is 83.6 Å². The maximum Gasteiger partial charge on any atom is 0.231 e. The van der Waals surface area contributed by atoms with Crippen LogP contribution in [0, 0.1) is 0 Å². The van der Waals surface area contributed by atoms with E-state index < -0.39 is 6.10 Å². The summed E-state index contributed by atoms with van der Waals surface area (Å²) in [6.07, 6.45) is 4.10. The van der Waals surface area contributed by atoms with Gasteiger partial charge in [0.2, 0.25) is 5.91 Å². The molecule has 6 nitrogen and oxygen atoms in total. The van der Waals surface area contributed by atoms with Gasteiger partial charge in [-0.15, -0.1) is 0 Å². The Kier molecular flexibility index (Phi) is 7.69. The van der Waals surface area contributed by atoms with Gasteiger partial charge >= 0.3 is 0 Å². The minimum Gasteiger partial charge on any atom is -0.387 e. The first-order chi connectivity index (χ1) is 18.2. The Morgan fingerprint density at radius 2 is 1.65 bits per heavy atom. The molecule has 1 unspecified atom stereocenters. The third-order valence-corrected chi connectivity index (χ3v) is 6.40. The minimum atomic E-state index is -0.518. The fourth-order valence-corrected chi connectivity index (χ4v) is 4.39. The molecule has 1 atom stereocenters. The van der Waals surface area contributed by atoms with Crippen LogP contribution in [0.15, 0.2) is 109 Å². The fraction of sp³-hybridized carbons (Fsp3) is 0.161. The Balaban J connectivity index is 1.12. The van der Waals surface area contributed by atoms with Crippen molar-refractivity contribution < 1.29 is 9.90 Å². The number of imidazole rings is 1. The Bertz CT molecular complexity index is 1460. The van der Waals surface area contributed by atoms with E-state index in [1.54, 1.807) is 6.20 Å². The van der Waals surface area contributed by atoms with E-state index in [4.69, 9.17) is 0 Å². The van der Waals surface area contributed by atoms with Gasteiger partial charge in [-0.2, -0.15) is 0 Å². The summed E-state index contributed by atoms with van der Waals surface area (Å²) in [6.45, 7) is 1.26.